The van der Waals surface area contributed by atoms with E-state index in [1.54, 1.807) is 14.2 Å². The summed E-state index contributed by atoms with van der Waals surface area (Å²) in [5, 5.41) is 0. The molecule has 0 aromatic heterocycles. The monoisotopic (exact) mass is 476 g/mol. The van der Waals surface area contributed by atoms with Crippen LogP contribution in [0.4, 0.5) is 0 Å². The first-order chi connectivity index (χ1) is 17.0. The summed E-state index contributed by atoms with van der Waals surface area (Å²) in [4.78, 5) is 12.7. The average Bonchev–Trinajstić information content (AvgIpc) is 2.87. The van der Waals surface area contributed by atoms with Gasteiger partial charge in [0.05, 0.1) is 34.3 Å². The smallest absolute Gasteiger partial charge is 0.311 e. The van der Waals surface area contributed by atoms with Gasteiger partial charge in [-0.05, 0) is 31.0 Å². The fourth-order valence-electron chi connectivity index (χ4n) is 4.73. The number of carbonyl (C=O) groups is 1. The molecule has 3 aromatic carbocycles. The molecule has 0 aliphatic heterocycles. The zero-order chi connectivity index (χ0) is 25.1. The lowest BCUT2D eigenvalue weighted by Crippen LogP contribution is -2.52. The molecule has 0 radical (unpaired) electrons. The number of aryl methyl sites for hydroxylation is 1. The first-order valence-electron chi connectivity index (χ1n) is 12.3. The fourth-order valence-corrected chi connectivity index (χ4v) is 4.73. The summed E-state index contributed by atoms with van der Waals surface area (Å²) < 4.78 is 17.0. The molecule has 0 heterocycles. The van der Waals surface area contributed by atoms with Crippen LogP contribution in [0.3, 0.4) is 0 Å². The van der Waals surface area contributed by atoms with E-state index in [0.29, 0.717) is 23.3 Å². The Hall–Kier alpha value is -3.31. The van der Waals surface area contributed by atoms with Crippen LogP contribution in [0.15, 0.2) is 78.9 Å². The van der Waals surface area contributed by atoms with Crippen LogP contribution in [-0.4, -0.2) is 44.4 Å². The SMILES string of the molecule is CCOC(=O)C[C@H](CCc1ccc(OC)c(OC)c1)[N+](C)(Cc1ccccc1)Cc1ccccc1. The molecule has 5 heteroatoms. The second kappa shape index (κ2) is 13.0. The number of methoxy groups -OCH3 is 2. The van der Waals surface area contributed by atoms with Crippen molar-refractivity contribution in [2.24, 2.45) is 0 Å². The maximum absolute atomic E-state index is 12.7. The van der Waals surface area contributed by atoms with Gasteiger partial charge in [-0.2, -0.15) is 0 Å². The third-order valence-corrected chi connectivity index (χ3v) is 6.58. The van der Waals surface area contributed by atoms with Gasteiger partial charge >= 0.3 is 5.97 Å². The standard InChI is InChI=1S/C30H38NO4/c1-5-35-30(32)21-27(18-16-24-17-19-28(33-3)29(20-24)34-4)31(2,22-25-12-8-6-9-13-25)23-26-14-10-7-11-15-26/h6-15,17,19-20,27H,5,16,18,21-23H2,1-4H3/q+1/t27-/m0/s1. The molecule has 186 valence electrons. The number of hydrogen-bond acceptors (Lipinski definition) is 4. The van der Waals surface area contributed by atoms with Gasteiger partial charge in [0.25, 0.3) is 0 Å². The quantitative estimate of drug-likeness (QED) is 0.231. The third kappa shape index (κ3) is 7.59. The summed E-state index contributed by atoms with van der Waals surface area (Å²) >= 11 is 0. The van der Waals surface area contributed by atoms with Crippen molar-refractivity contribution in [3.8, 4) is 11.5 Å². The Balaban J connectivity index is 1.91. The van der Waals surface area contributed by atoms with Crippen molar-refractivity contribution in [2.45, 2.75) is 45.3 Å². The molecule has 3 rings (SSSR count). The van der Waals surface area contributed by atoms with E-state index < -0.39 is 0 Å². The van der Waals surface area contributed by atoms with Gasteiger partial charge in [0.1, 0.15) is 19.1 Å². The van der Waals surface area contributed by atoms with Crippen LogP contribution in [0.25, 0.3) is 0 Å². The molecule has 0 bridgehead atoms. The Morgan fingerprint density at radius 1 is 0.800 bits per heavy atom. The normalized spacial score (nSPS) is 12.1. The first-order valence-corrected chi connectivity index (χ1v) is 12.3. The molecule has 5 nitrogen and oxygen atoms in total. The highest BCUT2D eigenvalue weighted by molar-refractivity contribution is 5.69. The number of quaternary nitrogens is 1. The van der Waals surface area contributed by atoms with Gasteiger partial charge < -0.3 is 18.7 Å². The Morgan fingerprint density at radius 3 is 1.89 bits per heavy atom. The van der Waals surface area contributed by atoms with Crippen LogP contribution in [0.2, 0.25) is 0 Å². The molecule has 0 fully saturated rings. The van der Waals surface area contributed by atoms with Gasteiger partial charge in [-0.15, -0.1) is 0 Å². The van der Waals surface area contributed by atoms with Crippen LogP contribution in [0.5, 0.6) is 11.5 Å². The largest absolute Gasteiger partial charge is 0.493 e. The van der Waals surface area contributed by atoms with Crippen LogP contribution in [0, 0.1) is 0 Å². The summed E-state index contributed by atoms with van der Waals surface area (Å²) in [6.07, 6.45) is 2.03. The van der Waals surface area contributed by atoms with E-state index in [-0.39, 0.29) is 12.0 Å². The summed E-state index contributed by atoms with van der Waals surface area (Å²) in [5.41, 5.74) is 3.67. The fraction of sp³-hybridized carbons (Fsp3) is 0.367. The highest BCUT2D eigenvalue weighted by Gasteiger charge is 2.35. The van der Waals surface area contributed by atoms with E-state index in [0.717, 1.165) is 37.2 Å². The lowest BCUT2D eigenvalue weighted by molar-refractivity contribution is -0.958. The van der Waals surface area contributed by atoms with Crippen molar-refractivity contribution in [1.29, 1.82) is 0 Å². The molecule has 1 atom stereocenters. The second-order valence-electron chi connectivity index (χ2n) is 9.16. The Morgan fingerprint density at radius 2 is 1.37 bits per heavy atom. The number of benzene rings is 3. The highest BCUT2D eigenvalue weighted by Crippen LogP contribution is 2.30. The lowest BCUT2D eigenvalue weighted by atomic mass is 9.97. The Kier molecular flexibility index (Phi) is 9.74. The second-order valence-corrected chi connectivity index (χ2v) is 9.16. The number of esters is 1. The van der Waals surface area contributed by atoms with E-state index in [2.05, 4.69) is 61.6 Å². The van der Waals surface area contributed by atoms with Crippen molar-refractivity contribution in [2.75, 3.05) is 27.9 Å². The molecule has 35 heavy (non-hydrogen) atoms. The third-order valence-electron chi connectivity index (χ3n) is 6.58. The predicted octanol–water partition coefficient (Wildman–Crippen LogP) is 5.81. The number of ether oxygens (including phenoxy) is 3. The number of hydrogen-bond donors (Lipinski definition) is 0. The minimum absolute atomic E-state index is 0.0718. The van der Waals surface area contributed by atoms with E-state index in [4.69, 9.17) is 14.2 Å². The summed E-state index contributed by atoms with van der Waals surface area (Å²) in [6, 6.07) is 27.1. The molecule has 0 saturated carbocycles. The zero-order valence-corrected chi connectivity index (χ0v) is 21.4. The average molecular weight is 477 g/mol. The van der Waals surface area contributed by atoms with E-state index in [9.17, 15) is 4.79 Å². The minimum Gasteiger partial charge on any atom is -0.493 e. The molecular weight excluding hydrogens is 438 g/mol. The van der Waals surface area contributed by atoms with Gasteiger partial charge in [-0.3, -0.25) is 4.79 Å². The Labute approximate surface area is 209 Å². The van der Waals surface area contributed by atoms with Gasteiger partial charge in [0.15, 0.2) is 11.5 Å². The number of rotatable bonds is 13. The van der Waals surface area contributed by atoms with E-state index in [1.165, 1.54) is 11.1 Å². The van der Waals surface area contributed by atoms with Crippen LogP contribution >= 0.6 is 0 Å². The molecule has 0 saturated heterocycles. The number of nitrogens with zero attached hydrogens (tertiary/aromatic N) is 1. The molecule has 0 unspecified atom stereocenters. The minimum atomic E-state index is -0.143. The van der Waals surface area contributed by atoms with Crippen LogP contribution in [0.1, 0.15) is 36.5 Å². The highest BCUT2D eigenvalue weighted by atomic mass is 16.5. The molecule has 0 amide bonds. The van der Waals surface area contributed by atoms with Crippen molar-refractivity contribution < 1.29 is 23.5 Å². The molecule has 0 N–H and O–H groups in total. The number of carbonyl (C=O) groups excluding carboxylic acids is 1. The summed E-state index contributed by atoms with van der Waals surface area (Å²) in [6.45, 7) is 3.90. The lowest BCUT2D eigenvalue weighted by Gasteiger charge is -2.42. The van der Waals surface area contributed by atoms with Gasteiger partial charge in [0.2, 0.25) is 0 Å². The van der Waals surface area contributed by atoms with Crippen molar-refractivity contribution in [3.63, 3.8) is 0 Å². The molecule has 3 aromatic rings. The molecule has 0 aliphatic carbocycles. The van der Waals surface area contributed by atoms with Crippen LogP contribution in [-0.2, 0) is 29.0 Å². The maximum atomic E-state index is 12.7. The van der Waals surface area contributed by atoms with E-state index >= 15 is 0 Å². The first kappa shape index (κ1) is 26.3. The van der Waals surface area contributed by atoms with E-state index in [1.807, 2.05) is 31.2 Å². The van der Waals surface area contributed by atoms with Gasteiger partial charge in [0, 0.05) is 17.5 Å². The molecule has 0 aliphatic rings. The van der Waals surface area contributed by atoms with Crippen molar-refractivity contribution >= 4 is 5.97 Å². The Bertz CT molecular complexity index is 1010. The maximum Gasteiger partial charge on any atom is 0.311 e. The van der Waals surface area contributed by atoms with Gasteiger partial charge in [-0.25, -0.2) is 0 Å². The summed E-state index contributed by atoms with van der Waals surface area (Å²) in [5.74, 6) is 1.29. The van der Waals surface area contributed by atoms with Crippen molar-refractivity contribution in [1.82, 2.24) is 0 Å². The van der Waals surface area contributed by atoms with Crippen LogP contribution < -0.4 is 9.47 Å². The molecular formula is C30H38NO4+. The van der Waals surface area contributed by atoms with Crippen molar-refractivity contribution in [3.05, 3.63) is 95.6 Å². The van der Waals surface area contributed by atoms with Gasteiger partial charge in [-0.1, -0.05) is 66.7 Å². The summed E-state index contributed by atoms with van der Waals surface area (Å²) in [7, 11) is 5.56. The zero-order valence-electron chi connectivity index (χ0n) is 21.4. The predicted molar refractivity (Wildman–Crippen MR) is 139 cm³/mol. The topological polar surface area (TPSA) is 44.8 Å². The molecule has 0 spiro atoms.